The van der Waals surface area contributed by atoms with Crippen LogP contribution in [0.1, 0.15) is 20.7 Å². The number of carbonyl (C=O) groups excluding carboxylic acids is 1. The Bertz CT molecular complexity index is 726. The number of carboxylic acids is 1. The van der Waals surface area contributed by atoms with Gasteiger partial charge in [-0.15, -0.1) is 0 Å². The van der Waals surface area contributed by atoms with Crippen LogP contribution in [0.2, 0.25) is 0 Å². The Hall–Kier alpha value is -2.76. The number of halogens is 2. The lowest BCUT2D eigenvalue weighted by atomic mass is 10.0. The van der Waals surface area contributed by atoms with E-state index in [9.17, 15) is 18.4 Å². The van der Waals surface area contributed by atoms with E-state index in [0.29, 0.717) is 0 Å². The van der Waals surface area contributed by atoms with E-state index in [0.717, 1.165) is 31.4 Å². The van der Waals surface area contributed by atoms with Gasteiger partial charge in [-0.1, -0.05) is 6.07 Å². The number of benzene rings is 2. The first-order valence-electron chi connectivity index (χ1n) is 5.84. The minimum atomic E-state index is -1.43. The molecule has 0 atom stereocenters. The molecule has 6 heteroatoms. The highest BCUT2D eigenvalue weighted by molar-refractivity contribution is 5.92. The van der Waals surface area contributed by atoms with Gasteiger partial charge in [0.25, 0.3) is 0 Å². The molecule has 0 spiro atoms. The van der Waals surface area contributed by atoms with Crippen LogP contribution in [0.25, 0.3) is 11.1 Å². The van der Waals surface area contributed by atoms with Gasteiger partial charge in [0.2, 0.25) is 0 Å². The Labute approximate surface area is 118 Å². The molecule has 0 aromatic heterocycles. The monoisotopic (exact) mass is 292 g/mol. The second-order valence-corrected chi connectivity index (χ2v) is 4.22. The predicted octanol–water partition coefficient (Wildman–Crippen LogP) is 3.12. The van der Waals surface area contributed by atoms with Crippen LogP contribution in [0.3, 0.4) is 0 Å². The number of methoxy groups -OCH3 is 1. The van der Waals surface area contributed by atoms with Gasteiger partial charge in [0.15, 0.2) is 0 Å². The third kappa shape index (κ3) is 3.05. The molecule has 2 rings (SSSR count). The quantitative estimate of drug-likeness (QED) is 0.883. The molecule has 0 radical (unpaired) electrons. The molecule has 4 nitrogen and oxygen atoms in total. The zero-order chi connectivity index (χ0) is 15.6. The van der Waals surface area contributed by atoms with Gasteiger partial charge in [-0.3, -0.25) is 0 Å². The summed E-state index contributed by atoms with van der Waals surface area (Å²) < 4.78 is 31.4. The van der Waals surface area contributed by atoms with Crippen molar-refractivity contribution in [3.63, 3.8) is 0 Å². The Morgan fingerprint density at radius 1 is 1.05 bits per heavy atom. The van der Waals surface area contributed by atoms with Crippen molar-refractivity contribution in [1.82, 2.24) is 0 Å². The predicted molar refractivity (Wildman–Crippen MR) is 70.1 cm³/mol. The Morgan fingerprint density at radius 3 is 2.38 bits per heavy atom. The third-order valence-electron chi connectivity index (χ3n) is 2.85. The van der Waals surface area contributed by atoms with Gasteiger partial charge in [0.1, 0.15) is 11.6 Å². The summed E-state index contributed by atoms with van der Waals surface area (Å²) in [6.45, 7) is 0. The second-order valence-electron chi connectivity index (χ2n) is 4.22. The zero-order valence-electron chi connectivity index (χ0n) is 10.9. The van der Waals surface area contributed by atoms with Crippen molar-refractivity contribution in [2.24, 2.45) is 0 Å². The van der Waals surface area contributed by atoms with E-state index in [-0.39, 0.29) is 16.7 Å². The number of rotatable bonds is 3. The fraction of sp³-hybridized carbons (Fsp3) is 0.0667. The van der Waals surface area contributed by atoms with Crippen molar-refractivity contribution in [3.05, 3.63) is 59.2 Å². The maximum atomic E-state index is 13.6. The average Bonchev–Trinajstić information content (AvgIpc) is 2.45. The van der Waals surface area contributed by atoms with Crippen molar-refractivity contribution in [2.45, 2.75) is 0 Å². The first-order chi connectivity index (χ1) is 9.92. The van der Waals surface area contributed by atoms with E-state index in [1.807, 2.05) is 0 Å². The van der Waals surface area contributed by atoms with Crippen molar-refractivity contribution >= 4 is 11.9 Å². The molecule has 0 aliphatic heterocycles. The molecular formula is C15H10F2O4. The van der Waals surface area contributed by atoms with Gasteiger partial charge in [0.05, 0.1) is 18.2 Å². The van der Waals surface area contributed by atoms with Crippen LogP contribution >= 0.6 is 0 Å². The summed E-state index contributed by atoms with van der Waals surface area (Å²) in [6.07, 6.45) is 0. The summed E-state index contributed by atoms with van der Waals surface area (Å²) in [6, 6.07) is 6.81. The van der Waals surface area contributed by atoms with E-state index in [2.05, 4.69) is 4.74 Å². The molecule has 1 N–H and O–H groups in total. The largest absolute Gasteiger partial charge is 0.478 e. The van der Waals surface area contributed by atoms with Crippen molar-refractivity contribution in [1.29, 1.82) is 0 Å². The van der Waals surface area contributed by atoms with Gasteiger partial charge in [-0.2, -0.15) is 0 Å². The molecule has 0 unspecified atom stereocenters. The minimum absolute atomic E-state index is 0.0197. The van der Waals surface area contributed by atoms with Crippen LogP contribution < -0.4 is 0 Å². The lowest BCUT2D eigenvalue weighted by Gasteiger charge is -2.07. The van der Waals surface area contributed by atoms with Gasteiger partial charge < -0.3 is 9.84 Å². The van der Waals surface area contributed by atoms with Gasteiger partial charge in [-0.05, 0) is 41.5 Å². The molecule has 2 aromatic rings. The molecule has 0 fully saturated rings. The molecule has 0 aliphatic carbocycles. The number of aromatic carboxylic acids is 1. The number of carboxylic acid groups (broad SMARTS) is 1. The number of hydrogen-bond donors (Lipinski definition) is 1. The second kappa shape index (κ2) is 5.70. The standard InChI is InChI=1S/C15H10F2O4/c1-21-15(20)10-4-9(5-11(16)6-10)8-2-3-13(17)12(7-8)14(18)19/h2-7H,1H3,(H,18,19). The maximum Gasteiger partial charge on any atom is 0.338 e. The van der Waals surface area contributed by atoms with Gasteiger partial charge in [-0.25, -0.2) is 18.4 Å². The summed E-state index contributed by atoms with van der Waals surface area (Å²) in [5, 5.41) is 8.88. The molecule has 0 saturated carbocycles. The third-order valence-corrected chi connectivity index (χ3v) is 2.85. The number of ether oxygens (including phenoxy) is 1. The highest BCUT2D eigenvalue weighted by atomic mass is 19.1. The van der Waals surface area contributed by atoms with Crippen LogP contribution in [0.15, 0.2) is 36.4 Å². The van der Waals surface area contributed by atoms with Gasteiger partial charge >= 0.3 is 11.9 Å². The van der Waals surface area contributed by atoms with Crippen molar-refractivity contribution in [2.75, 3.05) is 7.11 Å². The Morgan fingerprint density at radius 2 is 1.76 bits per heavy atom. The number of hydrogen-bond acceptors (Lipinski definition) is 3. The molecule has 0 bridgehead atoms. The number of esters is 1. The van der Waals surface area contributed by atoms with Gasteiger partial charge in [0, 0.05) is 0 Å². The molecule has 0 heterocycles. The van der Waals surface area contributed by atoms with Crippen LogP contribution in [0.5, 0.6) is 0 Å². The molecule has 0 saturated heterocycles. The highest BCUT2D eigenvalue weighted by Crippen LogP contribution is 2.24. The zero-order valence-corrected chi connectivity index (χ0v) is 10.9. The van der Waals surface area contributed by atoms with Crippen molar-refractivity contribution in [3.8, 4) is 11.1 Å². The Kier molecular flexibility index (Phi) is 3.98. The smallest absolute Gasteiger partial charge is 0.338 e. The summed E-state index contributed by atoms with van der Waals surface area (Å²) in [5.74, 6) is -3.74. The first-order valence-corrected chi connectivity index (χ1v) is 5.84. The first kappa shape index (κ1) is 14.6. The molecule has 21 heavy (non-hydrogen) atoms. The summed E-state index contributed by atoms with van der Waals surface area (Å²) in [4.78, 5) is 22.3. The summed E-state index contributed by atoms with van der Waals surface area (Å²) in [5.41, 5.74) is -0.0265. The van der Waals surface area contributed by atoms with Crippen LogP contribution in [0.4, 0.5) is 8.78 Å². The fourth-order valence-electron chi connectivity index (χ4n) is 1.86. The average molecular weight is 292 g/mol. The lowest BCUT2D eigenvalue weighted by Crippen LogP contribution is -2.03. The normalized spacial score (nSPS) is 10.2. The number of carbonyl (C=O) groups is 2. The molecular weight excluding hydrogens is 282 g/mol. The van der Waals surface area contributed by atoms with E-state index in [1.54, 1.807) is 0 Å². The van der Waals surface area contributed by atoms with Crippen molar-refractivity contribution < 1.29 is 28.2 Å². The fourth-order valence-corrected chi connectivity index (χ4v) is 1.86. The van der Waals surface area contributed by atoms with E-state index in [1.165, 1.54) is 12.1 Å². The lowest BCUT2D eigenvalue weighted by molar-refractivity contribution is 0.0599. The van der Waals surface area contributed by atoms with E-state index < -0.39 is 29.1 Å². The minimum Gasteiger partial charge on any atom is -0.478 e. The van der Waals surface area contributed by atoms with Crippen LogP contribution in [0, 0.1) is 11.6 Å². The Balaban J connectivity index is 2.56. The maximum absolute atomic E-state index is 13.6. The molecule has 0 aliphatic rings. The highest BCUT2D eigenvalue weighted by Gasteiger charge is 2.14. The molecule has 0 amide bonds. The SMILES string of the molecule is COC(=O)c1cc(F)cc(-c2ccc(F)c(C(=O)O)c2)c1. The van der Waals surface area contributed by atoms with E-state index >= 15 is 0 Å². The summed E-state index contributed by atoms with van der Waals surface area (Å²) in [7, 11) is 1.16. The topological polar surface area (TPSA) is 63.6 Å². The molecule has 108 valence electrons. The molecule has 2 aromatic carbocycles. The van der Waals surface area contributed by atoms with E-state index in [4.69, 9.17) is 5.11 Å². The van der Waals surface area contributed by atoms with Crippen LogP contribution in [-0.4, -0.2) is 24.2 Å². The van der Waals surface area contributed by atoms with Crippen LogP contribution in [-0.2, 0) is 4.74 Å². The summed E-state index contributed by atoms with van der Waals surface area (Å²) >= 11 is 0.